The number of nitrogens with one attached hydrogen (secondary N) is 2. The summed E-state index contributed by atoms with van der Waals surface area (Å²) in [6.07, 6.45) is 48.5. The maximum Gasteiger partial charge on any atom is 0.306 e. The Balaban J connectivity index is 5.10. The minimum absolute atomic E-state index is 0.0327. The molecule has 0 saturated carbocycles. The Morgan fingerprint density at radius 3 is 0.977 bits per heavy atom. The van der Waals surface area contributed by atoms with Crippen LogP contribution in [0.2, 0.25) is 0 Å². The molecular formula is C73H140N4O10. The lowest BCUT2D eigenvalue weighted by Gasteiger charge is -2.23. The van der Waals surface area contributed by atoms with Crippen molar-refractivity contribution in [2.45, 2.75) is 356 Å². The van der Waals surface area contributed by atoms with E-state index in [1.165, 1.54) is 128 Å². The monoisotopic (exact) mass is 1230 g/mol. The zero-order valence-electron chi connectivity index (χ0n) is 57.8. The second-order valence-electron chi connectivity index (χ2n) is 26.1. The molecule has 0 aromatic heterocycles. The molecule has 0 fully saturated rings. The summed E-state index contributed by atoms with van der Waals surface area (Å²) >= 11 is 0. The second kappa shape index (κ2) is 64.3. The SMILES string of the molecule is CCCCCCCCC(CCCCCCCC)OC(=O)CCCCCCCN(CCCCCC(=O)OCC(C)CCCCCCC)CCNC(=O)CCC(=O)NCCN(CCCCCCCC(=O)O)CCCCCC(=O)OCC(C)CCCCCCC. The van der Waals surface area contributed by atoms with E-state index in [0.29, 0.717) is 76.9 Å². The minimum Gasteiger partial charge on any atom is -0.481 e. The van der Waals surface area contributed by atoms with Crippen LogP contribution in [0.3, 0.4) is 0 Å². The molecule has 0 rings (SSSR count). The van der Waals surface area contributed by atoms with E-state index < -0.39 is 5.97 Å². The van der Waals surface area contributed by atoms with Crippen LogP contribution in [-0.2, 0) is 43.0 Å². The molecule has 0 saturated heterocycles. The van der Waals surface area contributed by atoms with Gasteiger partial charge >= 0.3 is 23.9 Å². The van der Waals surface area contributed by atoms with Crippen molar-refractivity contribution < 1.29 is 48.1 Å². The van der Waals surface area contributed by atoms with E-state index >= 15 is 0 Å². The van der Waals surface area contributed by atoms with E-state index in [1.54, 1.807) is 0 Å². The molecule has 14 heteroatoms. The highest BCUT2D eigenvalue weighted by atomic mass is 16.5. The van der Waals surface area contributed by atoms with Gasteiger partial charge in [0.1, 0.15) is 6.10 Å². The predicted molar refractivity (Wildman–Crippen MR) is 361 cm³/mol. The van der Waals surface area contributed by atoms with Crippen LogP contribution in [0.1, 0.15) is 350 Å². The van der Waals surface area contributed by atoms with Gasteiger partial charge in [-0.15, -0.1) is 0 Å². The Kier molecular flexibility index (Phi) is 61.9. The first-order valence-electron chi connectivity index (χ1n) is 37.0. The number of amides is 2. The lowest BCUT2D eigenvalue weighted by Crippen LogP contribution is -2.37. The highest BCUT2D eigenvalue weighted by Crippen LogP contribution is 2.20. The smallest absolute Gasteiger partial charge is 0.306 e. The summed E-state index contributed by atoms with van der Waals surface area (Å²) in [6, 6.07) is 0. The van der Waals surface area contributed by atoms with Crippen molar-refractivity contribution in [3.63, 3.8) is 0 Å². The molecule has 0 aliphatic carbocycles. The number of hydrogen-bond acceptors (Lipinski definition) is 11. The molecule has 0 spiro atoms. The topological polar surface area (TPSA) is 181 Å². The van der Waals surface area contributed by atoms with Gasteiger partial charge < -0.3 is 39.8 Å². The van der Waals surface area contributed by atoms with Gasteiger partial charge in [-0.2, -0.15) is 0 Å². The third-order valence-electron chi connectivity index (χ3n) is 17.2. The molecule has 0 radical (unpaired) electrons. The standard InChI is InChI=1S/C73H140N4O10/c1-7-11-15-19-25-35-47-67(48-36-26-20-16-12-8-2)87-73(84)52-38-28-22-30-42-58-77(60-44-32-40-51-72(83)86-64-66(6)46-34-24-18-14-10-4)62-56-75-69(79)54-53-68(78)74-55-61-76(57-41-29-21-27-37-49-70(80)81)59-43-31-39-50-71(82)85-63-65(5)45-33-23-17-13-9-3/h65-67H,7-64H2,1-6H3,(H,74,78)(H,75,79)(H,80,81). The first kappa shape index (κ1) is 83.7. The first-order valence-corrected chi connectivity index (χ1v) is 37.0. The maximum absolute atomic E-state index is 13.0. The van der Waals surface area contributed by atoms with Crippen LogP contribution < -0.4 is 10.6 Å². The number of carboxylic acid groups (broad SMARTS) is 1. The summed E-state index contributed by atoms with van der Waals surface area (Å²) in [6.45, 7) is 20.2. The number of hydrogen-bond donors (Lipinski definition) is 3. The molecule has 2 unspecified atom stereocenters. The van der Waals surface area contributed by atoms with Gasteiger partial charge in [0.2, 0.25) is 11.8 Å². The van der Waals surface area contributed by atoms with Crippen molar-refractivity contribution in [3.8, 4) is 0 Å². The largest absolute Gasteiger partial charge is 0.481 e. The van der Waals surface area contributed by atoms with Gasteiger partial charge in [-0.1, -0.05) is 221 Å². The Morgan fingerprint density at radius 1 is 0.333 bits per heavy atom. The molecule has 3 N–H and O–H groups in total. The third-order valence-corrected chi connectivity index (χ3v) is 17.2. The van der Waals surface area contributed by atoms with Crippen LogP contribution in [0.25, 0.3) is 0 Å². The van der Waals surface area contributed by atoms with Crippen molar-refractivity contribution in [2.24, 2.45) is 11.8 Å². The Bertz CT molecular complexity index is 1590. The average Bonchev–Trinajstić information content (AvgIpc) is 3.53. The number of ether oxygens (including phenoxy) is 3. The van der Waals surface area contributed by atoms with Crippen molar-refractivity contribution >= 4 is 35.7 Å². The van der Waals surface area contributed by atoms with E-state index in [0.717, 1.165) is 161 Å². The normalized spacial score (nSPS) is 12.2. The molecule has 0 bridgehead atoms. The molecule has 0 heterocycles. The summed E-state index contributed by atoms with van der Waals surface area (Å²) < 4.78 is 17.3. The number of nitrogens with zero attached hydrogens (tertiary/aromatic N) is 2. The van der Waals surface area contributed by atoms with Crippen molar-refractivity contribution in [2.75, 3.05) is 65.6 Å². The van der Waals surface area contributed by atoms with Crippen molar-refractivity contribution in [3.05, 3.63) is 0 Å². The predicted octanol–water partition coefficient (Wildman–Crippen LogP) is 18.0. The lowest BCUT2D eigenvalue weighted by molar-refractivity contribution is -0.150. The second-order valence-corrected chi connectivity index (χ2v) is 26.1. The molecule has 0 aromatic carbocycles. The number of carbonyl (C=O) groups excluding carboxylic acids is 5. The molecule has 0 aromatic rings. The summed E-state index contributed by atoms with van der Waals surface area (Å²) in [7, 11) is 0. The Labute approximate surface area is 535 Å². The fourth-order valence-corrected chi connectivity index (χ4v) is 11.4. The van der Waals surface area contributed by atoms with Gasteiger partial charge in [0, 0.05) is 64.7 Å². The number of aliphatic carboxylic acids is 1. The number of carboxylic acids is 1. The molecule has 512 valence electrons. The summed E-state index contributed by atoms with van der Waals surface area (Å²) in [5, 5.41) is 15.1. The van der Waals surface area contributed by atoms with Crippen LogP contribution in [0.15, 0.2) is 0 Å². The summed E-state index contributed by atoms with van der Waals surface area (Å²) in [5.41, 5.74) is 0. The average molecular weight is 1230 g/mol. The highest BCUT2D eigenvalue weighted by molar-refractivity contribution is 5.83. The van der Waals surface area contributed by atoms with Crippen molar-refractivity contribution in [1.29, 1.82) is 0 Å². The Morgan fingerprint density at radius 2 is 0.621 bits per heavy atom. The van der Waals surface area contributed by atoms with Crippen LogP contribution in [-0.4, -0.2) is 122 Å². The summed E-state index contributed by atoms with van der Waals surface area (Å²) in [4.78, 5) is 79.8. The van der Waals surface area contributed by atoms with Gasteiger partial charge in [-0.05, 0) is 128 Å². The van der Waals surface area contributed by atoms with Gasteiger partial charge in [0.05, 0.1) is 13.2 Å². The molecule has 0 aliphatic heterocycles. The molecule has 2 amide bonds. The van der Waals surface area contributed by atoms with E-state index in [2.05, 4.69) is 62.0 Å². The fourth-order valence-electron chi connectivity index (χ4n) is 11.4. The van der Waals surface area contributed by atoms with Gasteiger partial charge in [-0.3, -0.25) is 28.8 Å². The van der Waals surface area contributed by atoms with E-state index in [-0.39, 0.29) is 55.1 Å². The van der Waals surface area contributed by atoms with Gasteiger partial charge in [-0.25, -0.2) is 0 Å². The third kappa shape index (κ3) is 61.4. The molecule has 0 aliphatic rings. The number of rotatable bonds is 68. The summed E-state index contributed by atoms with van der Waals surface area (Å²) in [5.74, 6) is -0.490. The maximum atomic E-state index is 13.0. The van der Waals surface area contributed by atoms with E-state index in [1.807, 2.05) is 0 Å². The zero-order valence-corrected chi connectivity index (χ0v) is 57.8. The molecule has 2 atom stereocenters. The Hall–Kier alpha value is -3.26. The molecule has 14 nitrogen and oxygen atoms in total. The van der Waals surface area contributed by atoms with Crippen LogP contribution in [0.5, 0.6) is 0 Å². The van der Waals surface area contributed by atoms with Crippen LogP contribution in [0.4, 0.5) is 0 Å². The molecular weight excluding hydrogens is 1090 g/mol. The lowest BCUT2D eigenvalue weighted by atomic mass is 10.0. The van der Waals surface area contributed by atoms with E-state index in [9.17, 15) is 28.8 Å². The highest BCUT2D eigenvalue weighted by Gasteiger charge is 2.16. The first-order chi connectivity index (χ1) is 42.3. The number of unbranched alkanes of at least 4 members (excludes halogenated alkanes) is 30. The zero-order chi connectivity index (χ0) is 63.9. The van der Waals surface area contributed by atoms with Crippen LogP contribution in [0, 0.1) is 11.8 Å². The fraction of sp³-hybridized carbons (Fsp3) is 0.918. The van der Waals surface area contributed by atoms with Gasteiger partial charge in [0.25, 0.3) is 0 Å². The number of esters is 3. The quantitative estimate of drug-likeness (QED) is 0.0298. The number of carbonyl (C=O) groups is 6. The van der Waals surface area contributed by atoms with Gasteiger partial charge in [0.15, 0.2) is 0 Å². The van der Waals surface area contributed by atoms with E-state index in [4.69, 9.17) is 19.3 Å². The van der Waals surface area contributed by atoms with Crippen LogP contribution >= 0.6 is 0 Å². The van der Waals surface area contributed by atoms with Crippen molar-refractivity contribution in [1.82, 2.24) is 20.4 Å². The molecule has 87 heavy (non-hydrogen) atoms. The minimum atomic E-state index is -0.747.